The smallest absolute Gasteiger partial charge is 0.263 e. The summed E-state index contributed by atoms with van der Waals surface area (Å²) in [5, 5.41) is 0. The van der Waals surface area contributed by atoms with Crippen molar-refractivity contribution in [2.75, 3.05) is 42.7 Å². The molecule has 36 heavy (non-hydrogen) atoms. The topological polar surface area (TPSA) is 73.8 Å². The van der Waals surface area contributed by atoms with E-state index in [9.17, 15) is 0 Å². The molecule has 0 unspecified atom stereocenters. The maximum absolute atomic E-state index is 5.90. The minimum absolute atomic E-state index is 0.556. The Bertz CT molecular complexity index is 612. The zero-order valence-corrected chi connectivity index (χ0v) is 28.1. The number of rotatable bonds is 16. The zero-order chi connectivity index (χ0) is 28.8. The van der Waals surface area contributed by atoms with E-state index in [1.54, 1.807) is 42.7 Å². The maximum Gasteiger partial charge on any atom is 0.263 e. The molecule has 0 rings (SSSR count). The van der Waals surface area contributed by atoms with Gasteiger partial charge in [-0.25, -0.2) is 0 Å². The molecule has 0 aliphatic carbocycles. The molecule has 0 aromatic carbocycles. The molecule has 0 saturated heterocycles. The predicted molar refractivity (Wildman–Crippen MR) is 152 cm³/mol. The Morgan fingerprint density at radius 3 is 0.944 bits per heavy atom. The highest BCUT2D eigenvalue weighted by Crippen LogP contribution is 2.25. The SMILES string of the molecule is CO/C(O[Si](C)(C)C)=C(/C)CCC(C)(OC)OC.CO/C(O[Si](C)(C)C)=C(\C)CCC(C)(OC)OC. The van der Waals surface area contributed by atoms with Gasteiger partial charge in [-0.3, -0.25) is 0 Å². The molecule has 216 valence electrons. The lowest BCUT2D eigenvalue weighted by Crippen LogP contribution is -2.30. The van der Waals surface area contributed by atoms with E-state index < -0.39 is 28.2 Å². The molecule has 0 N–H and O–H groups in total. The minimum atomic E-state index is -1.64. The van der Waals surface area contributed by atoms with Crippen LogP contribution in [-0.4, -0.2) is 70.9 Å². The number of hydrogen-bond donors (Lipinski definition) is 0. The monoisotopic (exact) mass is 552 g/mol. The fourth-order valence-corrected chi connectivity index (χ4v) is 4.40. The van der Waals surface area contributed by atoms with Crippen LogP contribution in [0.2, 0.25) is 39.3 Å². The van der Waals surface area contributed by atoms with E-state index in [4.69, 9.17) is 37.3 Å². The minimum Gasteiger partial charge on any atom is -0.520 e. The normalized spacial score (nSPS) is 14.2. The number of allylic oxidation sites excluding steroid dienone is 2. The first-order chi connectivity index (χ1) is 16.3. The van der Waals surface area contributed by atoms with Crippen LogP contribution in [-0.2, 0) is 37.3 Å². The molecule has 0 radical (unpaired) electrons. The molecule has 0 fully saturated rings. The van der Waals surface area contributed by atoms with Gasteiger partial charge in [0.15, 0.2) is 11.6 Å². The Hall–Kier alpha value is -1.05. The summed E-state index contributed by atoms with van der Waals surface area (Å²) < 4.78 is 43.8. The second-order valence-corrected chi connectivity index (χ2v) is 19.9. The predicted octanol–water partition coefficient (Wildman–Crippen LogP) is 7.01. The molecular formula is C26H56O8Si2. The second kappa shape index (κ2) is 16.7. The third-order valence-electron chi connectivity index (χ3n) is 5.50. The molecule has 0 amide bonds. The Balaban J connectivity index is 0. The van der Waals surface area contributed by atoms with Crippen LogP contribution < -0.4 is 0 Å². The summed E-state index contributed by atoms with van der Waals surface area (Å²) in [6, 6.07) is 0. The average molecular weight is 553 g/mol. The lowest BCUT2D eigenvalue weighted by Gasteiger charge is -2.27. The molecule has 0 saturated carbocycles. The molecule has 0 aromatic rings. The van der Waals surface area contributed by atoms with Gasteiger partial charge in [0.1, 0.15) is 0 Å². The summed E-state index contributed by atoms with van der Waals surface area (Å²) in [7, 11) is 6.61. The van der Waals surface area contributed by atoms with Gasteiger partial charge in [0.05, 0.1) is 14.2 Å². The number of ether oxygens (including phenoxy) is 6. The molecule has 0 heterocycles. The van der Waals surface area contributed by atoms with Gasteiger partial charge in [0.2, 0.25) is 16.6 Å². The van der Waals surface area contributed by atoms with Crippen molar-refractivity contribution in [1.29, 1.82) is 0 Å². The molecule has 0 atom stereocenters. The Morgan fingerprint density at radius 1 is 0.528 bits per heavy atom. The number of methoxy groups -OCH3 is 6. The lowest BCUT2D eigenvalue weighted by molar-refractivity contribution is -0.197. The summed E-state index contributed by atoms with van der Waals surface area (Å²) >= 11 is 0. The molecule has 0 aliphatic heterocycles. The Labute approximate surface area is 223 Å². The van der Waals surface area contributed by atoms with Gasteiger partial charge in [0, 0.05) is 52.4 Å². The third kappa shape index (κ3) is 16.7. The third-order valence-corrected chi connectivity index (χ3v) is 7.10. The molecule has 8 nitrogen and oxygen atoms in total. The van der Waals surface area contributed by atoms with E-state index in [0.29, 0.717) is 11.9 Å². The lowest BCUT2D eigenvalue weighted by atomic mass is 10.1. The summed E-state index contributed by atoms with van der Waals surface area (Å²) in [6.07, 6.45) is 3.14. The summed E-state index contributed by atoms with van der Waals surface area (Å²) in [5.41, 5.74) is 2.17. The van der Waals surface area contributed by atoms with Gasteiger partial charge in [-0.1, -0.05) is 0 Å². The first-order valence-corrected chi connectivity index (χ1v) is 19.2. The Morgan fingerprint density at radius 2 is 0.778 bits per heavy atom. The van der Waals surface area contributed by atoms with E-state index in [2.05, 4.69) is 39.3 Å². The van der Waals surface area contributed by atoms with Gasteiger partial charge in [0.25, 0.3) is 11.9 Å². The van der Waals surface area contributed by atoms with E-state index in [1.807, 2.05) is 27.7 Å². The van der Waals surface area contributed by atoms with Crippen LogP contribution in [0.25, 0.3) is 0 Å². The molecular weight excluding hydrogens is 496 g/mol. The fourth-order valence-electron chi connectivity index (χ4n) is 2.77. The van der Waals surface area contributed by atoms with Crippen LogP contribution in [0.5, 0.6) is 0 Å². The molecule has 10 heteroatoms. The average Bonchev–Trinajstić information content (AvgIpc) is 2.81. The molecule has 0 aromatic heterocycles. The van der Waals surface area contributed by atoms with Crippen molar-refractivity contribution in [2.45, 2.75) is 104 Å². The second-order valence-electron chi connectivity index (χ2n) is 11.1. The van der Waals surface area contributed by atoms with Crippen LogP contribution in [0, 0.1) is 0 Å². The van der Waals surface area contributed by atoms with Crippen molar-refractivity contribution in [3.05, 3.63) is 23.0 Å². The van der Waals surface area contributed by atoms with Crippen molar-refractivity contribution in [1.82, 2.24) is 0 Å². The standard InChI is InChI=1S/2C13H28O4Si/c2*1-11(9-10-13(2,15-4)16-5)12(14-3)17-18(6,7)8/h2*9-10H2,1-8H3/b12-11+;12-11-. The van der Waals surface area contributed by atoms with E-state index in [1.165, 1.54) is 0 Å². The van der Waals surface area contributed by atoms with Crippen molar-refractivity contribution in [2.24, 2.45) is 0 Å². The van der Waals surface area contributed by atoms with Crippen LogP contribution in [0.3, 0.4) is 0 Å². The summed E-state index contributed by atoms with van der Waals surface area (Å²) in [5.74, 6) is 0.172. The molecule has 0 bridgehead atoms. The van der Waals surface area contributed by atoms with E-state index in [0.717, 1.165) is 36.8 Å². The molecule has 0 spiro atoms. The quantitative estimate of drug-likeness (QED) is 0.115. The van der Waals surface area contributed by atoms with Crippen molar-refractivity contribution in [3.63, 3.8) is 0 Å². The summed E-state index contributed by atoms with van der Waals surface area (Å²) in [4.78, 5) is 0. The largest absolute Gasteiger partial charge is 0.520 e. The first kappa shape index (κ1) is 37.1. The zero-order valence-electron chi connectivity index (χ0n) is 26.1. The van der Waals surface area contributed by atoms with Gasteiger partial charge < -0.3 is 37.3 Å². The van der Waals surface area contributed by atoms with E-state index in [-0.39, 0.29) is 0 Å². The molecule has 0 aliphatic rings. The highest BCUT2D eigenvalue weighted by atomic mass is 28.4. The van der Waals surface area contributed by atoms with Gasteiger partial charge in [-0.2, -0.15) is 0 Å². The van der Waals surface area contributed by atoms with Gasteiger partial charge in [-0.15, -0.1) is 0 Å². The van der Waals surface area contributed by atoms with Crippen molar-refractivity contribution in [3.8, 4) is 0 Å². The van der Waals surface area contributed by atoms with Crippen molar-refractivity contribution < 1.29 is 37.3 Å². The highest BCUT2D eigenvalue weighted by molar-refractivity contribution is 6.70. The maximum atomic E-state index is 5.90. The van der Waals surface area contributed by atoms with Crippen LogP contribution >= 0.6 is 0 Å². The fraction of sp³-hybridized carbons (Fsp3) is 0.846. The van der Waals surface area contributed by atoms with Crippen LogP contribution in [0.15, 0.2) is 23.0 Å². The van der Waals surface area contributed by atoms with Gasteiger partial charge >= 0.3 is 0 Å². The van der Waals surface area contributed by atoms with Crippen molar-refractivity contribution >= 4 is 16.6 Å². The number of hydrogen-bond acceptors (Lipinski definition) is 8. The van der Waals surface area contributed by atoms with Crippen LogP contribution in [0.4, 0.5) is 0 Å². The van der Waals surface area contributed by atoms with Gasteiger partial charge in [-0.05, 0) is 79.8 Å². The van der Waals surface area contributed by atoms with Crippen LogP contribution in [0.1, 0.15) is 53.4 Å². The Kier molecular flexibility index (Phi) is 17.2. The van der Waals surface area contributed by atoms with E-state index >= 15 is 0 Å². The summed E-state index contributed by atoms with van der Waals surface area (Å²) in [6.45, 7) is 20.7. The first-order valence-electron chi connectivity index (χ1n) is 12.4. The highest BCUT2D eigenvalue weighted by Gasteiger charge is 2.26.